The molecule has 1 aromatic rings. The number of benzene rings is 1. The van der Waals surface area contributed by atoms with Crippen molar-refractivity contribution >= 4 is 11.9 Å². The summed E-state index contributed by atoms with van der Waals surface area (Å²) in [5, 5.41) is 55.7. The number of phenols is 1. The first-order chi connectivity index (χ1) is 20.5. The highest BCUT2D eigenvalue weighted by molar-refractivity contribution is 5.83. The summed E-state index contributed by atoms with van der Waals surface area (Å²) in [7, 11) is 1.83. The highest BCUT2D eigenvalue weighted by Crippen LogP contribution is 2.78. The molecule has 11 heteroatoms. The van der Waals surface area contributed by atoms with E-state index in [1.54, 1.807) is 0 Å². The largest absolute Gasteiger partial charge is 0.504 e. The number of aliphatic carboxylic acids is 2. The lowest BCUT2D eigenvalue weighted by Crippen LogP contribution is -2.83. The molecule has 6 N–H and O–H groups in total. The number of phenolic OH excluding ortho intramolecular Hbond substituents is 1. The zero-order valence-electron chi connectivity index (χ0n) is 26.2. The van der Waals surface area contributed by atoms with Crippen LogP contribution in [0.15, 0.2) is 12.1 Å². The molecule has 0 radical (unpaired) electrons. The van der Waals surface area contributed by atoms with Crippen LogP contribution in [0.1, 0.15) is 77.3 Å². The zero-order chi connectivity index (χ0) is 32.2. The van der Waals surface area contributed by atoms with Crippen molar-refractivity contribution in [3.8, 4) is 11.5 Å². The van der Waals surface area contributed by atoms with Crippen molar-refractivity contribution in [1.29, 1.82) is 0 Å². The summed E-state index contributed by atoms with van der Waals surface area (Å²) in [6.07, 6.45) is 3.10. The van der Waals surface area contributed by atoms with Gasteiger partial charge in [-0.05, 0) is 81.4 Å². The van der Waals surface area contributed by atoms with Gasteiger partial charge in [0.1, 0.15) is 11.7 Å². The number of carboxylic acid groups (broad SMARTS) is 2. The minimum absolute atomic E-state index is 0.0294. The molecule has 2 heterocycles. The van der Waals surface area contributed by atoms with Crippen molar-refractivity contribution in [3.63, 3.8) is 0 Å². The molecule has 2 aliphatic heterocycles. The number of hydrogen-bond donors (Lipinski definition) is 6. The topological polar surface area (TPSA) is 177 Å². The van der Waals surface area contributed by atoms with E-state index in [-0.39, 0.29) is 34.0 Å². The molecule has 0 amide bonds. The second-order valence-corrected chi connectivity index (χ2v) is 15.4. The minimum Gasteiger partial charge on any atom is -0.504 e. The molecule has 244 valence electrons. The van der Waals surface area contributed by atoms with Gasteiger partial charge in [0, 0.05) is 42.0 Å². The molecule has 9 atom stereocenters. The predicted octanol–water partition coefficient (Wildman–Crippen LogP) is 2.29. The van der Waals surface area contributed by atoms with Gasteiger partial charge in [-0.25, -0.2) is 9.59 Å². The molecule has 4 bridgehead atoms. The Morgan fingerprint density at radius 3 is 2.25 bits per heavy atom. The number of likely N-dealkylation sites (tertiary alicyclic amines) is 1. The highest BCUT2D eigenvalue weighted by atomic mass is 16.6. The van der Waals surface area contributed by atoms with E-state index in [0.29, 0.717) is 11.8 Å². The van der Waals surface area contributed by atoms with Gasteiger partial charge in [-0.15, -0.1) is 0 Å². The van der Waals surface area contributed by atoms with E-state index >= 15 is 0 Å². The average Bonchev–Trinajstić information content (AvgIpc) is 3.71. The van der Waals surface area contributed by atoms with Crippen LogP contribution < -0.4 is 4.74 Å². The third-order valence-corrected chi connectivity index (χ3v) is 12.7. The standard InChI is InChI=1S/C29H41NO4.C4H6O6/c1-25(2,3)26(4,32)20-15-27-10-11-29(20,33-5)24-28(27)12-13-30(16-17-6-7-17)21(27)14-18-8-9-19(31)23(34-24)22(18)28;5-1(3(7)8)2(6)4(9)10/h8-9,17,20-21,24,31-32H,6-7,10-16H2,1-5H3;1-2,5-6H,(H,7,8)(H,9,10)/t20-,21-,24-,26+,27-,28+,29+;/m1./s1. The Morgan fingerprint density at radius 1 is 1.07 bits per heavy atom. The Morgan fingerprint density at radius 2 is 1.70 bits per heavy atom. The lowest BCUT2D eigenvalue weighted by atomic mass is 9.33. The average molecular weight is 618 g/mol. The van der Waals surface area contributed by atoms with Gasteiger partial charge < -0.3 is 40.1 Å². The monoisotopic (exact) mass is 617 g/mol. The fourth-order valence-electron chi connectivity index (χ4n) is 9.85. The van der Waals surface area contributed by atoms with Gasteiger partial charge in [0.15, 0.2) is 23.7 Å². The second-order valence-electron chi connectivity index (χ2n) is 15.4. The number of hydrogen-bond acceptors (Lipinski definition) is 9. The molecular weight excluding hydrogens is 570 g/mol. The van der Waals surface area contributed by atoms with E-state index in [2.05, 4.69) is 31.7 Å². The SMILES string of the molecule is CO[C@@]12CC[C@@]3(C[C@@H]1[C@](C)(O)C(C)(C)C)[C@H]1Cc4ccc(O)c5c4[C@@]3(CCN1CC1CC1)[C@H]2O5.O=C(O)C(O)C(O)C(=O)O. The second kappa shape index (κ2) is 10.0. The number of aliphatic hydroxyl groups is 3. The molecule has 11 nitrogen and oxygen atoms in total. The number of fused-ring (bicyclic) bond motifs is 2. The zero-order valence-corrected chi connectivity index (χ0v) is 26.2. The molecule has 0 aromatic heterocycles. The van der Waals surface area contributed by atoms with Gasteiger partial charge in [-0.2, -0.15) is 0 Å². The maximum absolute atomic E-state index is 12.2. The van der Waals surface area contributed by atoms with Gasteiger partial charge in [0.05, 0.1) is 5.60 Å². The van der Waals surface area contributed by atoms with Crippen molar-refractivity contribution in [1.82, 2.24) is 4.90 Å². The molecular formula is C33H47NO10. The molecule has 2 spiro atoms. The summed E-state index contributed by atoms with van der Waals surface area (Å²) in [5.41, 5.74) is 0.783. The lowest BCUT2D eigenvalue weighted by Gasteiger charge is -2.75. The first kappa shape index (κ1) is 31.5. The number of piperidine rings is 1. The fraction of sp³-hybridized carbons (Fsp3) is 0.758. The van der Waals surface area contributed by atoms with Gasteiger partial charge in [-0.1, -0.05) is 26.8 Å². The van der Waals surface area contributed by atoms with E-state index in [9.17, 15) is 19.8 Å². The third-order valence-electron chi connectivity index (χ3n) is 12.7. The third kappa shape index (κ3) is 4.05. The molecule has 1 saturated heterocycles. The van der Waals surface area contributed by atoms with Crippen LogP contribution in [0.5, 0.6) is 11.5 Å². The molecule has 44 heavy (non-hydrogen) atoms. The molecule has 5 fully saturated rings. The molecule has 7 aliphatic rings. The summed E-state index contributed by atoms with van der Waals surface area (Å²) in [4.78, 5) is 22.4. The predicted molar refractivity (Wildman–Crippen MR) is 157 cm³/mol. The quantitative estimate of drug-likeness (QED) is 0.265. The van der Waals surface area contributed by atoms with Crippen LogP contribution in [0.25, 0.3) is 0 Å². The first-order valence-electron chi connectivity index (χ1n) is 15.8. The molecule has 2 unspecified atom stereocenters. The van der Waals surface area contributed by atoms with E-state index in [4.69, 9.17) is 29.9 Å². The number of methoxy groups -OCH3 is 1. The normalized spacial score (nSPS) is 37.5. The van der Waals surface area contributed by atoms with Crippen LogP contribution in [0.3, 0.4) is 0 Å². The number of nitrogens with zero attached hydrogens (tertiary/aromatic N) is 1. The number of carboxylic acids is 2. The molecule has 4 saturated carbocycles. The Hall–Kier alpha value is -2.44. The number of aromatic hydroxyl groups is 1. The molecule has 5 aliphatic carbocycles. The minimum atomic E-state index is -2.27. The van der Waals surface area contributed by atoms with Crippen LogP contribution in [-0.4, -0.2) is 103 Å². The highest BCUT2D eigenvalue weighted by Gasteiger charge is 2.82. The Labute approximate surface area is 257 Å². The van der Waals surface area contributed by atoms with E-state index in [1.807, 2.05) is 20.1 Å². The van der Waals surface area contributed by atoms with E-state index < -0.39 is 35.3 Å². The van der Waals surface area contributed by atoms with Crippen LogP contribution in [0.4, 0.5) is 0 Å². The van der Waals surface area contributed by atoms with E-state index in [1.165, 1.54) is 30.5 Å². The fourth-order valence-corrected chi connectivity index (χ4v) is 9.85. The van der Waals surface area contributed by atoms with Crippen LogP contribution >= 0.6 is 0 Å². The summed E-state index contributed by atoms with van der Waals surface area (Å²) in [6.45, 7) is 10.8. The van der Waals surface area contributed by atoms with Crippen molar-refractivity contribution in [2.24, 2.45) is 22.7 Å². The summed E-state index contributed by atoms with van der Waals surface area (Å²) >= 11 is 0. The van der Waals surface area contributed by atoms with Crippen molar-refractivity contribution < 1.29 is 49.7 Å². The molecule has 1 aromatic carbocycles. The van der Waals surface area contributed by atoms with Crippen molar-refractivity contribution in [2.75, 3.05) is 20.2 Å². The number of aliphatic hydroxyl groups excluding tert-OH is 2. The van der Waals surface area contributed by atoms with Crippen LogP contribution in [0.2, 0.25) is 0 Å². The summed E-state index contributed by atoms with van der Waals surface area (Å²) in [5.74, 6) is -1.73. The van der Waals surface area contributed by atoms with Crippen LogP contribution in [-0.2, 0) is 26.2 Å². The number of ether oxygens (including phenoxy) is 2. The number of rotatable bonds is 7. The Bertz CT molecular complexity index is 1330. The van der Waals surface area contributed by atoms with Crippen molar-refractivity contribution in [3.05, 3.63) is 23.3 Å². The maximum Gasteiger partial charge on any atom is 0.335 e. The van der Waals surface area contributed by atoms with Gasteiger partial charge in [0.25, 0.3) is 0 Å². The van der Waals surface area contributed by atoms with Gasteiger partial charge in [0.2, 0.25) is 0 Å². The summed E-state index contributed by atoms with van der Waals surface area (Å²) in [6, 6.07) is 4.46. The van der Waals surface area contributed by atoms with Gasteiger partial charge in [-0.3, -0.25) is 4.90 Å². The van der Waals surface area contributed by atoms with Gasteiger partial charge >= 0.3 is 11.9 Å². The smallest absolute Gasteiger partial charge is 0.335 e. The maximum atomic E-state index is 12.2. The Balaban J connectivity index is 0.000000299. The summed E-state index contributed by atoms with van der Waals surface area (Å²) < 4.78 is 13.5. The van der Waals surface area contributed by atoms with E-state index in [0.717, 1.165) is 44.6 Å². The first-order valence-corrected chi connectivity index (χ1v) is 15.8. The van der Waals surface area contributed by atoms with Crippen molar-refractivity contribution in [2.45, 2.75) is 114 Å². The lowest BCUT2D eigenvalue weighted by molar-refractivity contribution is -0.312. The number of carbonyl (C=O) groups is 2. The Kier molecular flexibility index (Phi) is 7.19. The van der Waals surface area contributed by atoms with Crippen LogP contribution in [0, 0.1) is 22.7 Å². The molecule has 8 rings (SSSR count).